The Bertz CT molecular complexity index is 597. The molecule has 0 saturated carbocycles. The van der Waals surface area contributed by atoms with Gasteiger partial charge in [0.25, 0.3) is 5.56 Å². The highest BCUT2D eigenvalue weighted by molar-refractivity contribution is 5.79. The number of rotatable bonds is 2. The molecule has 1 aromatic carbocycles. The first kappa shape index (κ1) is 11.3. The second-order valence-corrected chi connectivity index (χ2v) is 3.98. The molecule has 0 spiro atoms. The Balaban J connectivity index is 2.37. The third-order valence-corrected chi connectivity index (χ3v) is 2.45. The molecule has 0 aliphatic rings. The molecule has 2 rings (SSSR count). The zero-order chi connectivity index (χ0) is 12.3. The van der Waals surface area contributed by atoms with Crippen molar-refractivity contribution in [3.8, 4) is 0 Å². The van der Waals surface area contributed by atoms with E-state index in [2.05, 4.69) is 5.10 Å². The molecule has 0 fully saturated rings. The number of pyridine rings is 1. The van der Waals surface area contributed by atoms with E-state index in [1.807, 2.05) is 50.2 Å². The standard InChI is InChI=1S/C14H14N2O/c1-11-8-12(2)16(14(17)9-11)15-10-13-6-4-3-5-7-13/h3-10H,1-2H3/b15-10+. The van der Waals surface area contributed by atoms with E-state index in [0.717, 1.165) is 16.8 Å². The van der Waals surface area contributed by atoms with Crippen LogP contribution in [0.25, 0.3) is 0 Å². The summed E-state index contributed by atoms with van der Waals surface area (Å²) in [5, 5.41) is 4.20. The highest BCUT2D eigenvalue weighted by Crippen LogP contribution is 2.00. The molecule has 0 unspecified atom stereocenters. The lowest BCUT2D eigenvalue weighted by molar-refractivity contribution is 0.791. The number of nitrogens with zero attached hydrogens (tertiary/aromatic N) is 2. The van der Waals surface area contributed by atoms with Crippen molar-refractivity contribution in [3.63, 3.8) is 0 Å². The van der Waals surface area contributed by atoms with Crippen molar-refractivity contribution in [2.24, 2.45) is 5.10 Å². The highest BCUT2D eigenvalue weighted by Gasteiger charge is 1.98. The van der Waals surface area contributed by atoms with Crippen molar-refractivity contribution < 1.29 is 0 Å². The fourth-order valence-electron chi connectivity index (χ4n) is 1.67. The van der Waals surface area contributed by atoms with Gasteiger partial charge in [-0.15, -0.1) is 0 Å². The molecule has 3 heteroatoms. The minimum atomic E-state index is -0.102. The third-order valence-electron chi connectivity index (χ3n) is 2.45. The topological polar surface area (TPSA) is 34.4 Å². The third kappa shape index (κ3) is 2.69. The molecule has 86 valence electrons. The van der Waals surface area contributed by atoms with Gasteiger partial charge in [0.1, 0.15) is 0 Å². The van der Waals surface area contributed by atoms with Gasteiger partial charge in [0.2, 0.25) is 0 Å². The lowest BCUT2D eigenvalue weighted by Gasteiger charge is -2.03. The molecule has 0 aliphatic carbocycles. The number of hydrogen-bond donors (Lipinski definition) is 0. The number of hydrogen-bond acceptors (Lipinski definition) is 2. The van der Waals surface area contributed by atoms with Crippen LogP contribution >= 0.6 is 0 Å². The fourth-order valence-corrected chi connectivity index (χ4v) is 1.67. The van der Waals surface area contributed by atoms with Crippen LogP contribution in [0.1, 0.15) is 16.8 Å². The van der Waals surface area contributed by atoms with Crippen LogP contribution in [-0.4, -0.2) is 10.9 Å². The summed E-state index contributed by atoms with van der Waals surface area (Å²) in [7, 11) is 0. The minimum absolute atomic E-state index is 0.102. The van der Waals surface area contributed by atoms with E-state index in [4.69, 9.17) is 0 Å². The first-order chi connectivity index (χ1) is 8.16. The van der Waals surface area contributed by atoms with Gasteiger partial charge in [0.05, 0.1) is 6.21 Å². The summed E-state index contributed by atoms with van der Waals surface area (Å²) < 4.78 is 1.40. The lowest BCUT2D eigenvalue weighted by atomic mass is 10.2. The van der Waals surface area contributed by atoms with E-state index in [9.17, 15) is 4.79 Å². The van der Waals surface area contributed by atoms with Crippen molar-refractivity contribution in [2.45, 2.75) is 13.8 Å². The molecule has 1 aromatic heterocycles. The fraction of sp³-hybridized carbons (Fsp3) is 0.143. The molecule has 17 heavy (non-hydrogen) atoms. The van der Waals surface area contributed by atoms with Crippen molar-refractivity contribution in [1.82, 2.24) is 4.68 Å². The maximum atomic E-state index is 11.7. The first-order valence-electron chi connectivity index (χ1n) is 5.46. The Kier molecular flexibility index (Phi) is 3.19. The average molecular weight is 226 g/mol. The first-order valence-corrected chi connectivity index (χ1v) is 5.46. The van der Waals surface area contributed by atoms with Crippen LogP contribution in [0.4, 0.5) is 0 Å². The smallest absolute Gasteiger partial charge is 0.267 e. The van der Waals surface area contributed by atoms with Gasteiger partial charge in [-0.05, 0) is 31.0 Å². The van der Waals surface area contributed by atoms with Gasteiger partial charge in [-0.3, -0.25) is 4.79 Å². The van der Waals surface area contributed by atoms with Crippen LogP contribution in [0.2, 0.25) is 0 Å². The summed E-state index contributed by atoms with van der Waals surface area (Å²) in [4.78, 5) is 11.7. The van der Waals surface area contributed by atoms with Crippen molar-refractivity contribution in [2.75, 3.05) is 0 Å². The van der Waals surface area contributed by atoms with Crippen LogP contribution in [-0.2, 0) is 0 Å². The molecule has 0 saturated heterocycles. The Morgan fingerprint density at radius 1 is 1.12 bits per heavy atom. The Labute approximate surface area is 100 Å². The number of benzene rings is 1. The molecule has 1 heterocycles. The number of aryl methyl sites for hydroxylation is 2. The SMILES string of the molecule is Cc1cc(C)n(/N=C/c2ccccc2)c(=O)c1. The minimum Gasteiger partial charge on any atom is -0.267 e. The maximum Gasteiger partial charge on any atom is 0.271 e. The lowest BCUT2D eigenvalue weighted by Crippen LogP contribution is -2.18. The van der Waals surface area contributed by atoms with E-state index in [1.165, 1.54) is 4.68 Å². The summed E-state index contributed by atoms with van der Waals surface area (Å²) in [5.74, 6) is 0. The molecule has 0 radical (unpaired) electrons. The van der Waals surface area contributed by atoms with Crippen LogP contribution in [0.15, 0.2) is 52.4 Å². The largest absolute Gasteiger partial charge is 0.271 e. The van der Waals surface area contributed by atoms with Crippen LogP contribution in [0.5, 0.6) is 0 Å². The van der Waals surface area contributed by atoms with Gasteiger partial charge >= 0.3 is 0 Å². The van der Waals surface area contributed by atoms with Crippen molar-refractivity contribution >= 4 is 6.21 Å². The molecule has 0 atom stereocenters. The number of aromatic nitrogens is 1. The van der Waals surface area contributed by atoms with E-state index in [0.29, 0.717) is 0 Å². The van der Waals surface area contributed by atoms with Gasteiger partial charge in [-0.2, -0.15) is 5.10 Å². The molecule has 0 N–H and O–H groups in total. The summed E-state index contributed by atoms with van der Waals surface area (Å²) in [5.41, 5.74) is 2.66. The molecule has 2 aromatic rings. The van der Waals surface area contributed by atoms with Gasteiger partial charge < -0.3 is 0 Å². The van der Waals surface area contributed by atoms with Gasteiger partial charge in [0, 0.05) is 11.8 Å². The Morgan fingerprint density at radius 2 is 1.82 bits per heavy atom. The molecular formula is C14H14N2O. The molecular weight excluding hydrogens is 212 g/mol. The van der Waals surface area contributed by atoms with Crippen molar-refractivity contribution in [3.05, 3.63) is 69.6 Å². The molecule has 0 aliphatic heterocycles. The van der Waals surface area contributed by atoms with E-state index >= 15 is 0 Å². The van der Waals surface area contributed by atoms with E-state index in [-0.39, 0.29) is 5.56 Å². The molecule has 0 amide bonds. The normalized spacial score (nSPS) is 10.9. The summed E-state index contributed by atoms with van der Waals surface area (Å²) >= 11 is 0. The zero-order valence-corrected chi connectivity index (χ0v) is 9.92. The molecule has 0 bridgehead atoms. The summed E-state index contributed by atoms with van der Waals surface area (Å²) in [6.45, 7) is 3.77. The Morgan fingerprint density at radius 3 is 2.47 bits per heavy atom. The van der Waals surface area contributed by atoms with Gasteiger partial charge in [-0.25, -0.2) is 4.68 Å². The van der Waals surface area contributed by atoms with E-state index in [1.54, 1.807) is 12.3 Å². The Hall–Kier alpha value is -2.16. The highest BCUT2D eigenvalue weighted by atomic mass is 16.1. The van der Waals surface area contributed by atoms with Gasteiger partial charge in [-0.1, -0.05) is 30.3 Å². The van der Waals surface area contributed by atoms with Crippen LogP contribution < -0.4 is 5.56 Å². The summed E-state index contributed by atoms with van der Waals surface area (Å²) in [6, 6.07) is 13.2. The summed E-state index contributed by atoms with van der Waals surface area (Å²) in [6.07, 6.45) is 1.68. The predicted octanol–water partition coefficient (Wildman–Crippen LogP) is 2.35. The van der Waals surface area contributed by atoms with Gasteiger partial charge in [0.15, 0.2) is 0 Å². The monoisotopic (exact) mass is 226 g/mol. The average Bonchev–Trinajstić information content (AvgIpc) is 2.29. The maximum absolute atomic E-state index is 11.7. The second kappa shape index (κ2) is 4.78. The van der Waals surface area contributed by atoms with Crippen molar-refractivity contribution in [1.29, 1.82) is 0 Å². The predicted molar refractivity (Wildman–Crippen MR) is 69.6 cm³/mol. The van der Waals surface area contributed by atoms with Crippen LogP contribution in [0, 0.1) is 13.8 Å². The van der Waals surface area contributed by atoms with E-state index < -0.39 is 0 Å². The molecule has 3 nitrogen and oxygen atoms in total. The second-order valence-electron chi connectivity index (χ2n) is 3.98. The quantitative estimate of drug-likeness (QED) is 0.724. The van der Waals surface area contributed by atoms with Crippen LogP contribution in [0.3, 0.4) is 0 Å². The zero-order valence-electron chi connectivity index (χ0n) is 9.92.